The standard InChI is InChI=1S/C19H18FN5O/c20-17-4-3-13(12-22-17)10-15-2-1-9-25(19(15)26)18-11-16(23-24-18)14-5-7-21-8-6-14/h3-8,11-12,15H,1-2,9-10H2,(H,23,24)/i1D2,2D2,9D2,15D. The molecule has 1 aliphatic heterocycles. The van der Waals surface area contributed by atoms with Crippen LogP contribution in [0.5, 0.6) is 0 Å². The first kappa shape index (κ1) is 10.2. The van der Waals surface area contributed by atoms with Crippen molar-refractivity contribution in [3.63, 3.8) is 0 Å². The lowest BCUT2D eigenvalue weighted by molar-refractivity contribution is -0.123. The third-order valence-corrected chi connectivity index (χ3v) is 3.80. The van der Waals surface area contributed by atoms with Gasteiger partial charge in [-0.2, -0.15) is 9.49 Å². The quantitative estimate of drug-likeness (QED) is 0.728. The van der Waals surface area contributed by atoms with Crippen molar-refractivity contribution in [2.75, 3.05) is 11.4 Å². The van der Waals surface area contributed by atoms with Crippen molar-refractivity contribution < 1.29 is 18.8 Å². The fraction of sp³-hybridized carbons (Fsp3) is 0.263. The average molecular weight is 358 g/mol. The Labute approximate surface area is 159 Å². The second-order valence-corrected chi connectivity index (χ2v) is 5.52. The number of halogens is 1. The Bertz CT molecular complexity index is 1190. The molecule has 0 spiro atoms. The first-order valence-electron chi connectivity index (χ1n) is 11.2. The molecule has 1 unspecified atom stereocenters. The van der Waals surface area contributed by atoms with Crippen LogP contribution in [0.2, 0.25) is 0 Å². The Morgan fingerprint density at radius 1 is 1.35 bits per heavy atom. The number of rotatable bonds is 4. The van der Waals surface area contributed by atoms with Crippen LogP contribution in [0.15, 0.2) is 48.9 Å². The first-order chi connectivity index (χ1) is 15.3. The van der Waals surface area contributed by atoms with Gasteiger partial charge in [0.15, 0.2) is 5.82 Å². The zero-order chi connectivity index (χ0) is 24.2. The topological polar surface area (TPSA) is 74.8 Å². The number of aromatic nitrogens is 4. The molecule has 6 nitrogen and oxygen atoms in total. The minimum absolute atomic E-state index is 0.112. The lowest BCUT2D eigenvalue weighted by atomic mass is 9.91. The van der Waals surface area contributed by atoms with Crippen LogP contribution < -0.4 is 4.90 Å². The summed E-state index contributed by atoms with van der Waals surface area (Å²) in [5, 5.41) is 6.59. The summed E-state index contributed by atoms with van der Waals surface area (Å²) in [6.45, 7) is -3.19. The van der Waals surface area contributed by atoms with E-state index in [1.54, 1.807) is 12.1 Å². The van der Waals surface area contributed by atoms with Gasteiger partial charge in [0.05, 0.1) is 5.69 Å². The lowest BCUT2D eigenvalue weighted by Crippen LogP contribution is -2.42. The van der Waals surface area contributed by atoms with Crippen LogP contribution in [0.25, 0.3) is 11.3 Å². The van der Waals surface area contributed by atoms with Crippen molar-refractivity contribution in [1.82, 2.24) is 20.2 Å². The molecule has 0 bridgehead atoms. The number of nitrogens with one attached hydrogen (secondary N) is 1. The summed E-state index contributed by atoms with van der Waals surface area (Å²) in [5.41, 5.74) is 1.10. The maximum absolute atomic E-state index is 13.5. The summed E-state index contributed by atoms with van der Waals surface area (Å²) >= 11 is 0. The molecule has 7 heteroatoms. The molecule has 1 saturated heterocycles. The molecule has 1 N–H and O–H groups in total. The van der Waals surface area contributed by atoms with E-state index in [0.717, 1.165) is 12.3 Å². The van der Waals surface area contributed by atoms with Crippen molar-refractivity contribution >= 4 is 11.7 Å². The molecule has 132 valence electrons. The van der Waals surface area contributed by atoms with Crippen molar-refractivity contribution in [3.05, 3.63) is 60.4 Å². The molecule has 26 heavy (non-hydrogen) atoms. The first-order valence-corrected chi connectivity index (χ1v) is 7.74. The summed E-state index contributed by atoms with van der Waals surface area (Å²) in [5.74, 6) is -5.27. The van der Waals surface area contributed by atoms with Gasteiger partial charge in [-0.1, -0.05) is 6.07 Å². The predicted molar refractivity (Wildman–Crippen MR) is 94.8 cm³/mol. The minimum Gasteiger partial charge on any atom is -0.295 e. The molecular formula is C19H18FN5O. The number of pyridine rings is 2. The summed E-state index contributed by atoms with van der Waals surface area (Å²) < 4.78 is 72.0. The number of aromatic amines is 1. The Hall–Kier alpha value is -3.09. The van der Waals surface area contributed by atoms with Crippen LogP contribution in [-0.2, 0) is 11.2 Å². The van der Waals surface area contributed by atoms with Crippen molar-refractivity contribution in [2.45, 2.75) is 19.2 Å². The highest BCUT2D eigenvalue weighted by Gasteiger charge is 2.31. The summed E-state index contributed by atoms with van der Waals surface area (Å²) in [6.07, 6.45) is -3.21. The molecule has 4 rings (SSSR count). The number of carbonyl (C=O) groups excluding carboxylic acids is 1. The fourth-order valence-electron chi connectivity index (χ4n) is 2.50. The molecule has 1 amide bonds. The van der Waals surface area contributed by atoms with E-state index in [4.69, 9.17) is 9.60 Å². The summed E-state index contributed by atoms with van der Waals surface area (Å²) in [4.78, 5) is 21.2. The molecule has 4 heterocycles. The minimum atomic E-state index is -3.32. The van der Waals surface area contributed by atoms with E-state index in [1.807, 2.05) is 0 Å². The van der Waals surface area contributed by atoms with Gasteiger partial charge in [0, 0.05) is 52.2 Å². The van der Waals surface area contributed by atoms with Crippen LogP contribution in [0.3, 0.4) is 0 Å². The Morgan fingerprint density at radius 2 is 2.19 bits per heavy atom. The zero-order valence-electron chi connectivity index (χ0n) is 20.4. The average Bonchev–Trinajstić information content (AvgIpc) is 3.24. The van der Waals surface area contributed by atoms with E-state index in [-0.39, 0.29) is 11.4 Å². The zero-order valence-corrected chi connectivity index (χ0v) is 13.4. The fourth-order valence-corrected chi connectivity index (χ4v) is 2.50. The van der Waals surface area contributed by atoms with Gasteiger partial charge in [0.25, 0.3) is 0 Å². The van der Waals surface area contributed by atoms with Crippen LogP contribution in [0.1, 0.15) is 27.9 Å². The van der Waals surface area contributed by atoms with E-state index in [9.17, 15) is 9.18 Å². The highest BCUT2D eigenvalue weighted by molar-refractivity contribution is 5.95. The van der Waals surface area contributed by atoms with Gasteiger partial charge in [0.1, 0.15) is 0 Å². The maximum Gasteiger partial charge on any atom is 0.231 e. The molecule has 3 aromatic rings. The van der Waals surface area contributed by atoms with Gasteiger partial charge in [-0.3, -0.25) is 19.8 Å². The number of piperidine rings is 1. The molecule has 1 aliphatic rings. The van der Waals surface area contributed by atoms with Crippen molar-refractivity contribution in [1.29, 1.82) is 0 Å². The third kappa shape index (κ3) is 3.33. The summed E-state index contributed by atoms with van der Waals surface area (Å²) in [6, 6.07) is 6.77. The monoisotopic (exact) mass is 358 g/mol. The van der Waals surface area contributed by atoms with E-state index in [0.29, 0.717) is 16.2 Å². The Balaban J connectivity index is 1.83. The van der Waals surface area contributed by atoms with Crippen LogP contribution >= 0.6 is 0 Å². The van der Waals surface area contributed by atoms with Crippen LogP contribution in [-0.4, -0.2) is 32.6 Å². The summed E-state index contributed by atoms with van der Waals surface area (Å²) in [7, 11) is 0. The number of nitrogens with zero attached hydrogens (tertiary/aromatic N) is 4. The van der Waals surface area contributed by atoms with Gasteiger partial charge < -0.3 is 0 Å². The molecule has 0 aliphatic carbocycles. The van der Waals surface area contributed by atoms with Crippen LogP contribution in [0, 0.1) is 11.8 Å². The van der Waals surface area contributed by atoms with E-state index < -0.39 is 43.4 Å². The SMILES string of the molecule is [2H]C1(Cc2ccc(F)nc2)C(=O)N(c2cc(-c3ccncc3)[nH]n2)C([2H])([2H])C([2H])([2H])C1([2H])[2H]. The predicted octanol–water partition coefficient (Wildman–Crippen LogP) is 2.99. The number of anilines is 1. The van der Waals surface area contributed by atoms with Gasteiger partial charge >= 0.3 is 0 Å². The second kappa shape index (κ2) is 7.03. The molecule has 1 fully saturated rings. The molecule has 3 aromatic heterocycles. The van der Waals surface area contributed by atoms with Gasteiger partial charge in [-0.15, -0.1) is 0 Å². The highest BCUT2D eigenvalue weighted by Crippen LogP contribution is 2.28. The van der Waals surface area contributed by atoms with Crippen molar-refractivity contribution in [3.8, 4) is 11.3 Å². The highest BCUT2D eigenvalue weighted by atomic mass is 19.1. The largest absolute Gasteiger partial charge is 0.295 e. The van der Waals surface area contributed by atoms with Gasteiger partial charge in [0.2, 0.25) is 11.9 Å². The number of H-pyrrole nitrogens is 1. The molecule has 1 atom stereocenters. The maximum atomic E-state index is 13.5. The van der Waals surface area contributed by atoms with Gasteiger partial charge in [-0.25, -0.2) is 4.98 Å². The van der Waals surface area contributed by atoms with Crippen molar-refractivity contribution in [2.24, 2.45) is 5.89 Å². The van der Waals surface area contributed by atoms with E-state index in [2.05, 4.69) is 20.2 Å². The number of carbonyl (C=O) groups is 1. The molecular weight excluding hydrogens is 333 g/mol. The number of hydrogen-bond donors (Lipinski definition) is 1. The van der Waals surface area contributed by atoms with Gasteiger partial charge in [-0.05, 0) is 42.9 Å². The molecule has 0 saturated carbocycles. The van der Waals surface area contributed by atoms with E-state index in [1.165, 1.54) is 24.5 Å². The third-order valence-electron chi connectivity index (χ3n) is 3.80. The number of hydrogen-bond acceptors (Lipinski definition) is 4. The second-order valence-electron chi connectivity index (χ2n) is 5.52. The smallest absolute Gasteiger partial charge is 0.231 e. The van der Waals surface area contributed by atoms with E-state index >= 15 is 0 Å². The normalized spacial score (nSPS) is 30.1. The molecule has 0 aromatic carbocycles. The Morgan fingerprint density at radius 3 is 2.96 bits per heavy atom. The van der Waals surface area contributed by atoms with Crippen LogP contribution in [0.4, 0.5) is 10.2 Å². The number of amides is 1. The Kier molecular flexibility index (Phi) is 2.75. The lowest BCUT2D eigenvalue weighted by Gasteiger charge is -2.30. The molecule has 0 radical (unpaired) electrons.